The molecule has 0 aliphatic heterocycles. The second-order valence-corrected chi connectivity index (χ2v) is 10.7. The third kappa shape index (κ3) is 2.85. The first-order valence-corrected chi connectivity index (χ1v) is 12.1. The molecule has 2 heterocycles. The summed E-state index contributed by atoms with van der Waals surface area (Å²) < 4.78 is 54.4. The number of anilines is 1. The summed E-state index contributed by atoms with van der Waals surface area (Å²) in [6.45, 7) is 4.23. The van der Waals surface area contributed by atoms with Gasteiger partial charge in [-0.15, -0.1) is 5.10 Å². The zero-order valence-corrected chi connectivity index (χ0v) is 18.5. The van der Waals surface area contributed by atoms with Crippen molar-refractivity contribution in [1.29, 1.82) is 0 Å². The van der Waals surface area contributed by atoms with Crippen LogP contribution in [0.2, 0.25) is 0 Å². The fourth-order valence-corrected chi connectivity index (χ4v) is 6.00. The Morgan fingerprint density at radius 3 is 2.53 bits per heavy atom. The molecule has 166 valence electrons. The first-order valence-electron chi connectivity index (χ1n) is 10.2. The van der Waals surface area contributed by atoms with Gasteiger partial charge in [-0.2, -0.15) is 5.10 Å². The summed E-state index contributed by atoms with van der Waals surface area (Å²) in [5.74, 6) is -1.31. The second-order valence-electron chi connectivity index (χ2n) is 8.99. The summed E-state index contributed by atoms with van der Waals surface area (Å²) in [4.78, 5) is 8.56. The molecule has 0 unspecified atom stereocenters. The Labute approximate surface area is 184 Å². The molecule has 2 atom stereocenters. The lowest BCUT2D eigenvalue weighted by atomic mass is 9.66. The molecule has 7 nitrogen and oxygen atoms in total. The summed E-state index contributed by atoms with van der Waals surface area (Å²) in [6, 6.07) is 7.20. The van der Waals surface area contributed by atoms with E-state index >= 15 is 0 Å². The first-order chi connectivity index (χ1) is 15.0. The fraction of sp³-hybridized carbons (Fsp3) is 0.364. The van der Waals surface area contributed by atoms with E-state index in [1.807, 2.05) is 0 Å². The van der Waals surface area contributed by atoms with Crippen LogP contribution in [0.25, 0.3) is 11.3 Å². The fourth-order valence-electron chi connectivity index (χ4n) is 5.57. The number of benzene rings is 1. The van der Waals surface area contributed by atoms with E-state index in [9.17, 15) is 17.2 Å². The van der Waals surface area contributed by atoms with Crippen molar-refractivity contribution < 1.29 is 17.2 Å². The van der Waals surface area contributed by atoms with E-state index < -0.39 is 27.1 Å². The second kappa shape index (κ2) is 6.74. The molecule has 10 heteroatoms. The van der Waals surface area contributed by atoms with Gasteiger partial charge in [0.2, 0.25) is 16.0 Å². The van der Waals surface area contributed by atoms with E-state index in [4.69, 9.17) is 0 Å². The van der Waals surface area contributed by atoms with Gasteiger partial charge in [0, 0.05) is 6.20 Å². The van der Waals surface area contributed by atoms with Crippen LogP contribution in [0.5, 0.6) is 0 Å². The molecule has 2 aliphatic carbocycles. The van der Waals surface area contributed by atoms with Crippen LogP contribution in [-0.4, -0.2) is 34.8 Å². The Morgan fingerprint density at radius 1 is 1.12 bits per heavy atom. The zero-order valence-electron chi connectivity index (χ0n) is 17.7. The van der Waals surface area contributed by atoms with Gasteiger partial charge in [0.1, 0.15) is 11.6 Å². The smallest absolute Gasteiger partial charge is 0.236 e. The van der Waals surface area contributed by atoms with Crippen molar-refractivity contribution in [3.05, 3.63) is 65.1 Å². The predicted molar refractivity (Wildman–Crippen MR) is 114 cm³/mol. The van der Waals surface area contributed by atoms with Crippen molar-refractivity contribution in [2.45, 2.75) is 38.0 Å². The molecule has 0 amide bonds. The van der Waals surface area contributed by atoms with E-state index in [2.05, 4.69) is 38.7 Å². The Kier molecular flexibility index (Phi) is 4.40. The van der Waals surface area contributed by atoms with E-state index in [1.165, 1.54) is 24.4 Å². The van der Waals surface area contributed by atoms with Crippen molar-refractivity contribution >= 4 is 16.0 Å². The van der Waals surface area contributed by atoms with Crippen molar-refractivity contribution in [2.75, 3.05) is 11.0 Å². The van der Waals surface area contributed by atoms with Crippen LogP contribution in [0.4, 0.5) is 14.7 Å². The highest BCUT2D eigenvalue weighted by Gasteiger charge is 2.65. The minimum atomic E-state index is -3.54. The monoisotopic (exact) mass is 457 g/mol. The average molecular weight is 458 g/mol. The van der Waals surface area contributed by atoms with Crippen LogP contribution in [0.3, 0.4) is 0 Å². The maximum atomic E-state index is 14.4. The predicted octanol–water partition coefficient (Wildman–Crippen LogP) is 3.79. The highest BCUT2D eigenvalue weighted by atomic mass is 32.2. The summed E-state index contributed by atoms with van der Waals surface area (Å²) >= 11 is 0. The molecule has 1 fully saturated rings. The van der Waals surface area contributed by atoms with Gasteiger partial charge in [-0.1, -0.05) is 19.9 Å². The van der Waals surface area contributed by atoms with Crippen LogP contribution in [0.1, 0.15) is 49.6 Å². The van der Waals surface area contributed by atoms with Crippen LogP contribution < -0.4 is 4.72 Å². The Morgan fingerprint density at radius 2 is 1.84 bits per heavy atom. The number of sulfonamides is 1. The number of hydrogen-bond donors (Lipinski definition) is 1. The van der Waals surface area contributed by atoms with Gasteiger partial charge in [0.15, 0.2) is 0 Å². The van der Waals surface area contributed by atoms with E-state index in [0.29, 0.717) is 11.4 Å². The van der Waals surface area contributed by atoms with Gasteiger partial charge in [-0.05, 0) is 54.0 Å². The minimum Gasteiger partial charge on any atom is -0.251 e. The molecule has 1 aromatic carbocycles. The molecule has 2 aliphatic rings. The van der Waals surface area contributed by atoms with Gasteiger partial charge in [-0.3, -0.25) is 4.72 Å². The first kappa shape index (κ1) is 20.9. The van der Waals surface area contributed by atoms with Gasteiger partial charge in [0.05, 0.1) is 34.3 Å². The SMILES string of the molecule is CC1(C)[C@H]2CC[C@]1(c1ccnc(NS(C)(=O)=O)n1)c1nnc(-c3c(F)cccc3F)cc12. The van der Waals surface area contributed by atoms with E-state index in [1.54, 1.807) is 12.1 Å². The normalized spacial score (nSPS) is 23.2. The van der Waals surface area contributed by atoms with Crippen molar-refractivity contribution in [3.63, 3.8) is 0 Å². The lowest BCUT2D eigenvalue weighted by molar-refractivity contribution is 0.243. The zero-order chi connectivity index (χ0) is 22.9. The topological polar surface area (TPSA) is 97.7 Å². The summed E-state index contributed by atoms with van der Waals surface area (Å²) in [5, 5.41) is 8.66. The molecular weight excluding hydrogens is 436 g/mol. The molecule has 32 heavy (non-hydrogen) atoms. The number of hydrogen-bond acceptors (Lipinski definition) is 6. The van der Waals surface area contributed by atoms with Gasteiger partial charge < -0.3 is 0 Å². The summed E-state index contributed by atoms with van der Waals surface area (Å²) in [7, 11) is -3.54. The molecule has 0 spiro atoms. The van der Waals surface area contributed by atoms with Gasteiger partial charge in [-0.25, -0.2) is 27.2 Å². The highest BCUT2D eigenvalue weighted by Crippen LogP contribution is 2.69. The molecule has 1 saturated carbocycles. The minimum absolute atomic E-state index is 0.00918. The average Bonchev–Trinajstić information content (AvgIpc) is 3.08. The van der Waals surface area contributed by atoms with Crippen LogP contribution in [0, 0.1) is 17.0 Å². The molecule has 0 radical (unpaired) electrons. The van der Waals surface area contributed by atoms with Gasteiger partial charge in [0.25, 0.3) is 0 Å². The standard InChI is InChI=1S/C22H21F2N5O2S/c1-21(2)13-7-9-22(21,17-8-10-25-20(26-17)29-32(3,30)31)19-12(13)11-16(27-28-19)18-14(23)5-4-6-15(18)24/h4-6,8,10-11,13H,7,9H2,1-3H3,(H,25,26,29)/t13-,22-/m0/s1. The lowest BCUT2D eigenvalue weighted by Crippen LogP contribution is -2.38. The highest BCUT2D eigenvalue weighted by molar-refractivity contribution is 7.91. The maximum absolute atomic E-state index is 14.4. The van der Waals surface area contributed by atoms with Crippen molar-refractivity contribution in [3.8, 4) is 11.3 Å². The van der Waals surface area contributed by atoms with Crippen LogP contribution in [0.15, 0.2) is 36.5 Å². The molecule has 1 N–H and O–H groups in total. The number of nitrogens with zero attached hydrogens (tertiary/aromatic N) is 4. The largest absolute Gasteiger partial charge is 0.251 e. The quantitative estimate of drug-likeness (QED) is 0.640. The van der Waals surface area contributed by atoms with E-state index in [0.717, 1.165) is 24.7 Å². The number of nitrogens with one attached hydrogen (secondary N) is 1. The maximum Gasteiger partial charge on any atom is 0.236 e. The molecular formula is C22H21F2N5O2S. The third-order valence-corrected chi connectivity index (χ3v) is 7.52. The number of fused-ring (bicyclic) bond motifs is 5. The number of rotatable bonds is 4. The van der Waals surface area contributed by atoms with Crippen LogP contribution >= 0.6 is 0 Å². The third-order valence-electron chi connectivity index (χ3n) is 6.97. The Bertz CT molecular complexity index is 1340. The van der Waals surface area contributed by atoms with E-state index in [-0.39, 0.29) is 28.5 Å². The van der Waals surface area contributed by atoms with Crippen molar-refractivity contribution in [1.82, 2.24) is 20.2 Å². The summed E-state index contributed by atoms with van der Waals surface area (Å²) in [6.07, 6.45) is 4.14. The number of aromatic nitrogens is 4. The molecule has 5 rings (SSSR count). The Hall–Kier alpha value is -3.01. The molecule has 2 aromatic heterocycles. The van der Waals surface area contributed by atoms with Gasteiger partial charge >= 0.3 is 0 Å². The summed E-state index contributed by atoms with van der Waals surface area (Å²) in [5.41, 5.74) is 1.26. The van der Waals surface area contributed by atoms with Crippen molar-refractivity contribution in [2.24, 2.45) is 5.41 Å². The molecule has 3 aromatic rings. The van der Waals surface area contributed by atoms with Crippen LogP contribution in [-0.2, 0) is 15.4 Å². The Balaban J connectivity index is 1.68. The molecule has 0 saturated heterocycles. The number of halogens is 2. The lowest BCUT2D eigenvalue weighted by Gasteiger charge is -2.37. The molecule has 2 bridgehead atoms.